The molecule has 72 valence electrons. The molecule has 1 aliphatic carbocycles. The van der Waals surface area contributed by atoms with E-state index in [-0.39, 0.29) is 11.8 Å². The minimum atomic E-state index is -0.297. The number of hydrogen-bond donors (Lipinski definition) is 2. The van der Waals surface area contributed by atoms with E-state index in [9.17, 15) is 5.11 Å². The van der Waals surface area contributed by atoms with Gasteiger partial charge in [-0.1, -0.05) is 12.1 Å². The summed E-state index contributed by atoms with van der Waals surface area (Å²) in [5.74, 6) is 0.209. The standard InChI is InChI=1S/C11H12N2O/c12-7-11(13-9-4-5-9)8-2-1-3-10(14)6-8/h1-3,6,9,11,13-14H,4-5H2. The van der Waals surface area contributed by atoms with Crippen LogP contribution in [0.15, 0.2) is 24.3 Å². The van der Waals surface area contributed by atoms with Crippen molar-refractivity contribution in [1.82, 2.24) is 5.32 Å². The van der Waals surface area contributed by atoms with Gasteiger partial charge in [0.05, 0.1) is 6.07 Å². The van der Waals surface area contributed by atoms with Crippen LogP contribution in [0.25, 0.3) is 0 Å². The Bertz CT molecular complexity index is 366. The monoisotopic (exact) mass is 188 g/mol. The number of hydrogen-bond acceptors (Lipinski definition) is 3. The molecule has 0 radical (unpaired) electrons. The zero-order valence-electron chi connectivity index (χ0n) is 7.77. The van der Waals surface area contributed by atoms with Gasteiger partial charge in [-0.05, 0) is 30.5 Å². The van der Waals surface area contributed by atoms with Crippen LogP contribution < -0.4 is 5.32 Å². The van der Waals surface area contributed by atoms with E-state index in [0.29, 0.717) is 6.04 Å². The molecule has 0 saturated heterocycles. The summed E-state index contributed by atoms with van der Waals surface area (Å²) < 4.78 is 0. The van der Waals surface area contributed by atoms with E-state index in [1.54, 1.807) is 18.2 Å². The van der Waals surface area contributed by atoms with Crippen LogP contribution in [0.2, 0.25) is 0 Å². The fourth-order valence-electron chi connectivity index (χ4n) is 1.40. The van der Waals surface area contributed by atoms with Gasteiger partial charge < -0.3 is 5.11 Å². The molecule has 1 aromatic carbocycles. The van der Waals surface area contributed by atoms with Gasteiger partial charge in [-0.2, -0.15) is 5.26 Å². The van der Waals surface area contributed by atoms with E-state index >= 15 is 0 Å². The summed E-state index contributed by atoms with van der Waals surface area (Å²) in [6, 6.07) is 9.22. The minimum Gasteiger partial charge on any atom is -0.508 e. The summed E-state index contributed by atoms with van der Waals surface area (Å²) >= 11 is 0. The molecule has 0 aliphatic heterocycles. The highest BCUT2D eigenvalue weighted by Crippen LogP contribution is 2.25. The lowest BCUT2D eigenvalue weighted by molar-refractivity contribution is 0.473. The number of aromatic hydroxyl groups is 1. The van der Waals surface area contributed by atoms with Crippen LogP contribution >= 0.6 is 0 Å². The van der Waals surface area contributed by atoms with Gasteiger partial charge in [-0.3, -0.25) is 5.32 Å². The van der Waals surface area contributed by atoms with Crippen LogP contribution in [0.5, 0.6) is 5.75 Å². The van der Waals surface area contributed by atoms with E-state index in [2.05, 4.69) is 11.4 Å². The van der Waals surface area contributed by atoms with Gasteiger partial charge in [-0.25, -0.2) is 0 Å². The summed E-state index contributed by atoms with van der Waals surface area (Å²) in [5, 5.41) is 21.4. The van der Waals surface area contributed by atoms with E-state index in [0.717, 1.165) is 18.4 Å². The van der Waals surface area contributed by atoms with Crippen molar-refractivity contribution >= 4 is 0 Å². The highest BCUT2D eigenvalue weighted by molar-refractivity contribution is 5.32. The van der Waals surface area contributed by atoms with Crippen molar-refractivity contribution in [3.63, 3.8) is 0 Å². The van der Waals surface area contributed by atoms with Crippen molar-refractivity contribution in [2.75, 3.05) is 0 Å². The van der Waals surface area contributed by atoms with Crippen LogP contribution in [-0.4, -0.2) is 11.1 Å². The number of rotatable bonds is 3. The lowest BCUT2D eigenvalue weighted by Gasteiger charge is -2.10. The Morgan fingerprint density at radius 3 is 2.86 bits per heavy atom. The number of phenols is 1. The van der Waals surface area contributed by atoms with Gasteiger partial charge in [0.1, 0.15) is 11.8 Å². The Morgan fingerprint density at radius 1 is 1.50 bits per heavy atom. The molecule has 2 N–H and O–H groups in total. The van der Waals surface area contributed by atoms with Crippen LogP contribution in [0.3, 0.4) is 0 Å². The number of nitrogens with one attached hydrogen (secondary N) is 1. The fraction of sp³-hybridized carbons (Fsp3) is 0.364. The lowest BCUT2D eigenvalue weighted by atomic mass is 10.1. The molecule has 0 bridgehead atoms. The number of nitrogens with zero attached hydrogens (tertiary/aromatic N) is 1. The Kier molecular flexibility index (Phi) is 2.38. The first-order valence-corrected chi connectivity index (χ1v) is 4.74. The first kappa shape index (κ1) is 9.04. The fourth-order valence-corrected chi connectivity index (χ4v) is 1.40. The van der Waals surface area contributed by atoms with Crippen LogP contribution in [0.1, 0.15) is 24.4 Å². The summed E-state index contributed by atoms with van der Waals surface area (Å²) in [6.07, 6.45) is 2.30. The highest BCUT2D eigenvalue weighted by atomic mass is 16.3. The molecule has 3 nitrogen and oxygen atoms in total. The second-order valence-corrected chi connectivity index (χ2v) is 3.60. The third-order valence-corrected chi connectivity index (χ3v) is 2.31. The topological polar surface area (TPSA) is 56.0 Å². The van der Waals surface area contributed by atoms with Crippen LogP contribution in [0, 0.1) is 11.3 Å². The largest absolute Gasteiger partial charge is 0.508 e. The third kappa shape index (κ3) is 2.04. The molecule has 1 aliphatic rings. The third-order valence-electron chi connectivity index (χ3n) is 2.31. The average Bonchev–Trinajstić information content (AvgIpc) is 2.98. The Balaban J connectivity index is 2.14. The molecule has 14 heavy (non-hydrogen) atoms. The van der Waals surface area contributed by atoms with Crippen LogP contribution in [-0.2, 0) is 0 Å². The minimum absolute atomic E-state index is 0.209. The molecule has 0 spiro atoms. The molecule has 1 fully saturated rings. The smallest absolute Gasteiger partial charge is 0.121 e. The van der Waals surface area contributed by atoms with Crippen molar-refractivity contribution in [3.05, 3.63) is 29.8 Å². The summed E-state index contributed by atoms with van der Waals surface area (Å²) in [7, 11) is 0. The summed E-state index contributed by atoms with van der Waals surface area (Å²) in [6.45, 7) is 0. The van der Waals surface area contributed by atoms with E-state index in [4.69, 9.17) is 5.26 Å². The van der Waals surface area contributed by atoms with E-state index in [1.165, 1.54) is 0 Å². The lowest BCUT2D eigenvalue weighted by Crippen LogP contribution is -2.21. The number of benzene rings is 1. The molecule has 3 heteroatoms. The maximum absolute atomic E-state index is 9.27. The van der Waals surface area contributed by atoms with Crippen molar-refractivity contribution in [1.29, 1.82) is 5.26 Å². The first-order chi connectivity index (χ1) is 6.79. The highest BCUT2D eigenvalue weighted by Gasteiger charge is 2.25. The maximum Gasteiger partial charge on any atom is 0.121 e. The van der Waals surface area contributed by atoms with Gasteiger partial charge in [0, 0.05) is 6.04 Å². The Labute approximate surface area is 83.0 Å². The molecular weight excluding hydrogens is 176 g/mol. The maximum atomic E-state index is 9.27. The molecular formula is C11H12N2O. The number of nitriles is 1. The molecule has 1 saturated carbocycles. The SMILES string of the molecule is N#CC(NC1CC1)c1cccc(O)c1. The number of phenolic OH excluding ortho intramolecular Hbond substituents is 1. The average molecular weight is 188 g/mol. The first-order valence-electron chi connectivity index (χ1n) is 4.74. The van der Waals surface area contributed by atoms with Gasteiger partial charge in [0.15, 0.2) is 0 Å². The second kappa shape index (κ2) is 3.69. The van der Waals surface area contributed by atoms with Gasteiger partial charge in [0.2, 0.25) is 0 Å². The Hall–Kier alpha value is -1.53. The van der Waals surface area contributed by atoms with Gasteiger partial charge in [-0.15, -0.1) is 0 Å². The predicted molar refractivity (Wildman–Crippen MR) is 52.6 cm³/mol. The molecule has 0 amide bonds. The van der Waals surface area contributed by atoms with Crippen molar-refractivity contribution < 1.29 is 5.11 Å². The molecule has 1 aromatic rings. The van der Waals surface area contributed by atoms with Crippen molar-refractivity contribution in [3.8, 4) is 11.8 Å². The summed E-state index contributed by atoms with van der Waals surface area (Å²) in [5.41, 5.74) is 0.833. The summed E-state index contributed by atoms with van der Waals surface area (Å²) in [4.78, 5) is 0. The van der Waals surface area contributed by atoms with Gasteiger partial charge in [0.25, 0.3) is 0 Å². The molecule has 1 unspecified atom stereocenters. The zero-order valence-corrected chi connectivity index (χ0v) is 7.77. The molecule has 1 atom stereocenters. The Morgan fingerprint density at radius 2 is 2.29 bits per heavy atom. The van der Waals surface area contributed by atoms with E-state index < -0.39 is 0 Å². The molecule has 0 aromatic heterocycles. The quantitative estimate of drug-likeness (QED) is 0.759. The van der Waals surface area contributed by atoms with Crippen molar-refractivity contribution in [2.45, 2.75) is 24.9 Å². The molecule has 0 heterocycles. The zero-order chi connectivity index (χ0) is 9.97. The predicted octanol–water partition coefficient (Wildman–Crippen LogP) is 1.71. The van der Waals surface area contributed by atoms with Crippen LogP contribution in [0.4, 0.5) is 0 Å². The second-order valence-electron chi connectivity index (χ2n) is 3.60. The normalized spacial score (nSPS) is 17.4. The van der Waals surface area contributed by atoms with E-state index in [1.807, 2.05) is 6.07 Å². The molecule has 2 rings (SSSR count). The van der Waals surface area contributed by atoms with Crippen molar-refractivity contribution in [2.24, 2.45) is 0 Å². The van der Waals surface area contributed by atoms with Gasteiger partial charge >= 0.3 is 0 Å².